The van der Waals surface area contributed by atoms with Crippen LogP contribution in [0.15, 0.2) is 11.0 Å². The molecule has 1 aromatic rings. The summed E-state index contributed by atoms with van der Waals surface area (Å²) >= 11 is 0. The Bertz CT molecular complexity index is 400. The molecule has 1 N–H and O–H groups in total. The van der Waals surface area contributed by atoms with Gasteiger partial charge in [-0.2, -0.15) is 0 Å². The van der Waals surface area contributed by atoms with E-state index in [0.717, 1.165) is 12.8 Å². The molecule has 0 saturated heterocycles. The van der Waals surface area contributed by atoms with Gasteiger partial charge in [-0.1, -0.05) is 0 Å². The predicted molar refractivity (Wildman–Crippen MR) is 49.0 cm³/mol. The highest BCUT2D eigenvalue weighted by atomic mass is 16.5. The van der Waals surface area contributed by atoms with E-state index in [1.807, 2.05) is 0 Å². The highest BCUT2D eigenvalue weighted by Gasteiger charge is 2.26. The van der Waals surface area contributed by atoms with Gasteiger partial charge in [0.25, 0.3) is 5.56 Å². The van der Waals surface area contributed by atoms with Crippen molar-refractivity contribution in [1.29, 1.82) is 0 Å². The molecule has 1 fully saturated rings. The number of hydrogen-bond donors (Lipinski definition) is 1. The molecule has 1 aliphatic carbocycles. The third-order valence-electron chi connectivity index (χ3n) is 2.35. The minimum atomic E-state index is -0.385. The zero-order valence-electron chi connectivity index (χ0n) is 7.95. The molecule has 1 saturated carbocycles. The van der Waals surface area contributed by atoms with Crippen LogP contribution in [0.2, 0.25) is 0 Å². The number of carbonyl (C=O) groups excluding carboxylic acids is 1. The van der Waals surface area contributed by atoms with Crippen LogP contribution < -0.4 is 5.56 Å². The zero-order chi connectivity index (χ0) is 10.1. The lowest BCUT2D eigenvalue weighted by Crippen LogP contribution is -2.20. The quantitative estimate of drug-likeness (QED) is 0.704. The van der Waals surface area contributed by atoms with Crippen LogP contribution in [-0.2, 0) is 16.0 Å². The maximum atomic E-state index is 11.6. The number of esters is 1. The fourth-order valence-corrected chi connectivity index (χ4v) is 1.38. The van der Waals surface area contributed by atoms with E-state index >= 15 is 0 Å². The van der Waals surface area contributed by atoms with Crippen molar-refractivity contribution >= 4 is 5.97 Å². The second kappa shape index (κ2) is 3.32. The van der Waals surface area contributed by atoms with E-state index in [1.54, 1.807) is 10.9 Å². The Morgan fingerprint density at radius 1 is 1.71 bits per heavy atom. The van der Waals surface area contributed by atoms with Gasteiger partial charge in [-0.3, -0.25) is 9.59 Å². The molecule has 76 valence electrons. The van der Waals surface area contributed by atoms with Crippen molar-refractivity contribution < 1.29 is 9.53 Å². The van der Waals surface area contributed by atoms with Gasteiger partial charge in [0.05, 0.1) is 19.6 Å². The lowest BCUT2D eigenvalue weighted by Gasteiger charge is -1.95. The highest BCUT2D eigenvalue weighted by Crippen LogP contribution is 2.32. The summed E-state index contributed by atoms with van der Waals surface area (Å²) in [6.45, 7) is 0. The third-order valence-corrected chi connectivity index (χ3v) is 2.35. The van der Waals surface area contributed by atoms with Crippen molar-refractivity contribution in [2.24, 2.45) is 0 Å². The normalized spacial score (nSPS) is 15.5. The lowest BCUT2D eigenvalue weighted by molar-refractivity contribution is -0.139. The van der Waals surface area contributed by atoms with E-state index in [2.05, 4.69) is 9.84 Å². The second-order valence-corrected chi connectivity index (χ2v) is 3.46. The standard InChI is InChI=1S/C9H12N2O3/c1-14-8(12)4-6-5-10-11(9(6)13)7-2-3-7/h5,7,10H,2-4H2,1H3. The predicted octanol–water partition coefficient (Wildman–Crippen LogP) is 0.227. The molecule has 0 atom stereocenters. The number of methoxy groups -OCH3 is 1. The first kappa shape index (κ1) is 9.05. The number of hydrogen-bond acceptors (Lipinski definition) is 3. The molecule has 0 radical (unpaired) electrons. The number of H-pyrrole nitrogens is 1. The first-order chi connectivity index (χ1) is 6.72. The van der Waals surface area contributed by atoms with Crippen molar-refractivity contribution in [2.45, 2.75) is 25.3 Å². The summed E-state index contributed by atoms with van der Waals surface area (Å²) in [5.41, 5.74) is 0.377. The van der Waals surface area contributed by atoms with E-state index in [0.29, 0.717) is 11.6 Å². The Labute approximate surface area is 80.7 Å². The van der Waals surface area contributed by atoms with Gasteiger partial charge in [-0.05, 0) is 12.8 Å². The third kappa shape index (κ3) is 1.57. The van der Waals surface area contributed by atoms with Crippen molar-refractivity contribution in [2.75, 3.05) is 7.11 Å². The Kier molecular flexibility index (Phi) is 2.15. The zero-order valence-corrected chi connectivity index (χ0v) is 7.95. The molecule has 5 heteroatoms. The Hall–Kier alpha value is -1.52. The van der Waals surface area contributed by atoms with Crippen LogP contribution in [0.1, 0.15) is 24.4 Å². The monoisotopic (exact) mass is 196 g/mol. The number of aromatic nitrogens is 2. The molecule has 0 bridgehead atoms. The Balaban J connectivity index is 2.18. The molecule has 5 nitrogen and oxygen atoms in total. The maximum Gasteiger partial charge on any atom is 0.310 e. The minimum absolute atomic E-state index is 0.0472. The van der Waals surface area contributed by atoms with Crippen LogP contribution in [-0.4, -0.2) is 22.9 Å². The van der Waals surface area contributed by atoms with E-state index in [9.17, 15) is 9.59 Å². The second-order valence-electron chi connectivity index (χ2n) is 3.46. The fourth-order valence-electron chi connectivity index (χ4n) is 1.38. The Morgan fingerprint density at radius 2 is 2.43 bits per heavy atom. The van der Waals surface area contributed by atoms with Crippen molar-refractivity contribution in [3.63, 3.8) is 0 Å². The largest absolute Gasteiger partial charge is 0.469 e. The van der Waals surface area contributed by atoms with Crippen LogP contribution in [0, 0.1) is 0 Å². The summed E-state index contributed by atoms with van der Waals surface area (Å²) < 4.78 is 6.08. The minimum Gasteiger partial charge on any atom is -0.469 e. The molecule has 0 aliphatic heterocycles. The van der Waals surface area contributed by atoms with E-state index in [4.69, 9.17) is 0 Å². The van der Waals surface area contributed by atoms with Crippen LogP contribution >= 0.6 is 0 Å². The highest BCUT2D eigenvalue weighted by molar-refractivity contribution is 5.72. The van der Waals surface area contributed by atoms with Gasteiger partial charge in [-0.25, -0.2) is 4.68 Å². The van der Waals surface area contributed by atoms with Gasteiger partial charge >= 0.3 is 5.97 Å². The molecule has 0 unspecified atom stereocenters. The van der Waals surface area contributed by atoms with Gasteiger partial charge in [0.15, 0.2) is 0 Å². The smallest absolute Gasteiger partial charge is 0.310 e. The number of aromatic amines is 1. The number of ether oxygens (including phenoxy) is 1. The first-order valence-corrected chi connectivity index (χ1v) is 4.58. The van der Waals surface area contributed by atoms with Crippen LogP contribution in [0.4, 0.5) is 0 Å². The molecular formula is C9H12N2O3. The number of nitrogens with one attached hydrogen (secondary N) is 1. The van der Waals surface area contributed by atoms with E-state index in [1.165, 1.54) is 7.11 Å². The molecule has 0 amide bonds. The number of rotatable bonds is 3. The summed E-state index contributed by atoms with van der Waals surface area (Å²) in [5.74, 6) is -0.385. The van der Waals surface area contributed by atoms with Gasteiger partial charge < -0.3 is 9.84 Å². The number of carbonyl (C=O) groups is 1. The topological polar surface area (TPSA) is 64.1 Å². The molecule has 1 aromatic heterocycles. The fraction of sp³-hybridized carbons (Fsp3) is 0.556. The van der Waals surface area contributed by atoms with Crippen LogP contribution in [0.3, 0.4) is 0 Å². The molecule has 1 aliphatic rings. The van der Waals surface area contributed by atoms with Gasteiger partial charge in [0, 0.05) is 11.8 Å². The SMILES string of the molecule is COC(=O)Cc1c[nH]n(C2CC2)c1=O. The Morgan fingerprint density at radius 3 is 3.00 bits per heavy atom. The summed E-state index contributed by atoms with van der Waals surface area (Å²) in [6, 6.07) is 0.314. The van der Waals surface area contributed by atoms with E-state index in [-0.39, 0.29) is 17.9 Å². The summed E-state index contributed by atoms with van der Waals surface area (Å²) in [6.07, 6.45) is 3.71. The summed E-state index contributed by atoms with van der Waals surface area (Å²) in [5, 5.41) is 2.86. The van der Waals surface area contributed by atoms with E-state index < -0.39 is 0 Å². The van der Waals surface area contributed by atoms with Crippen molar-refractivity contribution in [1.82, 2.24) is 9.78 Å². The maximum absolute atomic E-state index is 11.6. The molecule has 1 heterocycles. The summed E-state index contributed by atoms with van der Waals surface area (Å²) in [7, 11) is 1.31. The average Bonchev–Trinajstić information content (AvgIpc) is 2.95. The molecule has 14 heavy (non-hydrogen) atoms. The number of nitrogens with zero attached hydrogens (tertiary/aromatic N) is 1. The van der Waals surface area contributed by atoms with Gasteiger partial charge in [-0.15, -0.1) is 0 Å². The van der Waals surface area contributed by atoms with Crippen molar-refractivity contribution in [3.05, 3.63) is 22.1 Å². The van der Waals surface area contributed by atoms with Crippen LogP contribution in [0.25, 0.3) is 0 Å². The van der Waals surface area contributed by atoms with Gasteiger partial charge in [0.1, 0.15) is 0 Å². The molecule has 0 aromatic carbocycles. The lowest BCUT2D eigenvalue weighted by atomic mass is 10.2. The van der Waals surface area contributed by atoms with Crippen molar-refractivity contribution in [3.8, 4) is 0 Å². The first-order valence-electron chi connectivity index (χ1n) is 4.58. The van der Waals surface area contributed by atoms with Crippen LogP contribution in [0.5, 0.6) is 0 Å². The molecular weight excluding hydrogens is 184 g/mol. The molecule has 0 spiro atoms. The van der Waals surface area contributed by atoms with Gasteiger partial charge in [0.2, 0.25) is 0 Å². The average molecular weight is 196 g/mol. The summed E-state index contributed by atoms with van der Waals surface area (Å²) in [4.78, 5) is 22.6. The molecule has 2 rings (SSSR count).